The van der Waals surface area contributed by atoms with Crippen LogP contribution >= 0.6 is 0 Å². The maximum absolute atomic E-state index is 11.4. The van der Waals surface area contributed by atoms with Gasteiger partial charge in [-0.2, -0.15) is 0 Å². The van der Waals surface area contributed by atoms with E-state index in [1.165, 1.54) is 6.42 Å². The normalized spacial score (nSPS) is 22.6. The number of nitrogens with zero attached hydrogens (tertiary/aromatic N) is 2. The second kappa shape index (κ2) is 5.32. The largest absolute Gasteiger partial charge is 0.375 e. The summed E-state index contributed by atoms with van der Waals surface area (Å²) in [5.74, 6) is 0.702. The van der Waals surface area contributed by atoms with E-state index >= 15 is 0 Å². The number of rotatable bonds is 4. The first kappa shape index (κ1) is 11.5. The predicted molar refractivity (Wildman–Crippen MR) is 55.1 cm³/mol. The van der Waals surface area contributed by atoms with E-state index < -0.39 is 0 Å². The molecular weight excluding hydrogens is 180 g/mol. The zero-order valence-electron chi connectivity index (χ0n) is 9.32. The fourth-order valence-corrected chi connectivity index (χ4v) is 1.90. The minimum atomic E-state index is 0.0713. The lowest BCUT2D eigenvalue weighted by Crippen LogP contribution is -2.34. The molecule has 1 atom stereocenters. The molecule has 0 aromatic heterocycles. The first-order valence-electron chi connectivity index (χ1n) is 5.05. The highest BCUT2D eigenvalue weighted by Gasteiger charge is 2.22. The smallest absolute Gasteiger partial charge is 0.248 e. The van der Waals surface area contributed by atoms with Gasteiger partial charge < -0.3 is 14.5 Å². The topological polar surface area (TPSA) is 32.8 Å². The molecule has 1 rings (SSSR count). The van der Waals surface area contributed by atoms with Gasteiger partial charge in [-0.3, -0.25) is 4.79 Å². The summed E-state index contributed by atoms with van der Waals surface area (Å²) in [6.07, 6.45) is 1.20. The van der Waals surface area contributed by atoms with Gasteiger partial charge in [0, 0.05) is 27.2 Å². The van der Waals surface area contributed by atoms with E-state index in [0.717, 1.165) is 19.6 Å². The number of methoxy groups -OCH3 is 1. The summed E-state index contributed by atoms with van der Waals surface area (Å²) in [6.45, 7) is 3.30. The summed E-state index contributed by atoms with van der Waals surface area (Å²) < 4.78 is 4.81. The highest BCUT2D eigenvalue weighted by molar-refractivity contribution is 5.77. The van der Waals surface area contributed by atoms with E-state index in [9.17, 15) is 4.79 Å². The van der Waals surface area contributed by atoms with Crippen LogP contribution in [0.5, 0.6) is 0 Å². The molecule has 1 amide bonds. The number of carbonyl (C=O) groups excluding carboxylic acids is 1. The van der Waals surface area contributed by atoms with E-state index in [0.29, 0.717) is 5.92 Å². The summed E-state index contributed by atoms with van der Waals surface area (Å²) in [7, 11) is 5.52. The molecule has 1 heterocycles. The number of hydrogen-bond acceptors (Lipinski definition) is 3. The number of likely N-dealkylation sites (tertiary alicyclic amines) is 1. The zero-order chi connectivity index (χ0) is 10.6. The predicted octanol–water partition coefficient (Wildman–Crippen LogP) is 0.0429. The fourth-order valence-electron chi connectivity index (χ4n) is 1.90. The Bertz CT molecular complexity index is 197. The minimum absolute atomic E-state index is 0.0713. The van der Waals surface area contributed by atoms with Crippen LogP contribution in [0.2, 0.25) is 0 Å². The zero-order valence-corrected chi connectivity index (χ0v) is 9.32. The van der Waals surface area contributed by atoms with Crippen LogP contribution in [0.1, 0.15) is 6.42 Å². The van der Waals surface area contributed by atoms with Crippen molar-refractivity contribution in [2.24, 2.45) is 5.92 Å². The van der Waals surface area contributed by atoms with Gasteiger partial charge >= 0.3 is 0 Å². The Morgan fingerprint density at radius 2 is 2.36 bits per heavy atom. The number of carbonyl (C=O) groups is 1. The van der Waals surface area contributed by atoms with Crippen molar-refractivity contribution < 1.29 is 9.53 Å². The van der Waals surface area contributed by atoms with E-state index in [1.807, 2.05) is 7.05 Å². The molecule has 1 aliphatic heterocycles. The van der Waals surface area contributed by atoms with Gasteiger partial charge in [0.25, 0.3) is 0 Å². The lowest BCUT2D eigenvalue weighted by Gasteiger charge is -2.20. The summed E-state index contributed by atoms with van der Waals surface area (Å²) in [5.41, 5.74) is 0. The maximum Gasteiger partial charge on any atom is 0.248 e. The van der Waals surface area contributed by atoms with Gasteiger partial charge in [-0.1, -0.05) is 0 Å². The number of likely N-dealkylation sites (N-methyl/N-ethyl adjacent to an activating group) is 1. The maximum atomic E-state index is 11.4. The van der Waals surface area contributed by atoms with Crippen molar-refractivity contribution in [3.05, 3.63) is 0 Å². The molecule has 14 heavy (non-hydrogen) atoms. The Kier molecular flexibility index (Phi) is 4.35. The molecule has 0 aromatic carbocycles. The Labute approximate surface area is 85.8 Å². The lowest BCUT2D eigenvalue weighted by molar-refractivity contribution is -0.134. The molecule has 0 aliphatic carbocycles. The molecule has 1 aliphatic rings. The minimum Gasteiger partial charge on any atom is -0.375 e. The van der Waals surface area contributed by atoms with Crippen LogP contribution in [-0.2, 0) is 9.53 Å². The summed E-state index contributed by atoms with van der Waals surface area (Å²) in [5, 5.41) is 0. The molecule has 0 spiro atoms. The summed E-state index contributed by atoms with van der Waals surface area (Å²) >= 11 is 0. The molecule has 1 saturated heterocycles. The average molecular weight is 200 g/mol. The standard InChI is InChI=1S/C10H20N2O2/c1-11-5-4-9(6-11)7-12(2)10(13)8-14-3/h9H,4-8H2,1-3H3. The van der Waals surface area contributed by atoms with Crippen molar-refractivity contribution in [1.29, 1.82) is 0 Å². The Balaban J connectivity index is 2.26. The van der Waals surface area contributed by atoms with Crippen molar-refractivity contribution in [2.45, 2.75) is 6.42 Å². The quantitative estimate of drug-likeness (QED) is 0.642. The molecule has 0 radical (unpaired) electrons. The van der Waals surface area contributed by atoms with Gasteiger partial charge in [0.15, 0.2) is 0 Å². The average Bonchev–Trinajstić information content (AvgIpc) is 2.51. The molecule has 4 nitrogen and oxygen atoms in total. The van der Waals surface area contributed by atoms with E-state index in [-0.39, 0.29) is 12.5 Å². The van der Waals surface area contributed by atoms with Gasteiger partial charge in [0.1, 0.15) is 6.61 Å². The molecular formula is C10H20N2O2. The third-order valence-corrected chi connectivity index (χ3v) is 2.71. The van der Waals surface area contributed by atoms with E-state index in [1.54, 1.807) is 12.0 Å². The Morgan fingerprint density at radius 3 is 2.86 bits per heavy atom. The molecule has 0 N–H and O–H groups in total. The van der Waals surface area contributed by atoms with Crippen LogP contribution in [0.25, 0.3) is 0 Å². The Hall–Kier alpha value is -0.610. The third kappa shape index (κ3) is 3.27. The molecule has 0 bridgehead atoms. The Morgan fingerprint density at radius 1 is 1.64 bits per heavy atom. The molecule has 82 valence electrons. The molecule has 1 fully saturated rings. The third-order valence-electron chi connectivity index (χ3n) is 2.71. The second-order valence-corrected chi connectivity index (χ2v) is 4.12. The van der Waals surface area contributed by atoms with E-state index in [2.05, 4.69) is 11.9 Å². The van der Waals surface area contributed by atoms with Crippen molar-refractivity contribution >= 4 is 5.91 Å². The second-order valence-electron chi connectivity index (χ2n) is 4.12. The van der Waals surface area contributed by atoms with Gasteiger partial charge in [0.05, 0.1) is 0 Å². The van der Waals surface area contributed by atoms with Crippen LogP contribution in [0, 0.1) is 5.92 Å². The monoisotopic (exact) mass is 200 g/mol. The number of amides is 1. The van der Waals surface area contributed by atoms with Crippen LogP contribution in [0.3, 0.4) is 0 Å². The molecule has 0 aromatic rings. The fraction of sp³-hybridized carbons (Fsp3) is 0.900. The van der Waals surface area contributed by atoms with Crippen LogP contribution in [0.4, 0.5) is 0 Å². The highest BCUT2D eigenvalue weighted by Crippen LogP contribution is 2.14. The first-order chi connectivity index (χ1) is 6.63. The highest BCUT2D eigenvalue weighted by atomic mass is 16.5. The number of hydrogen-bond donors (Lipinski definition) is 0. The van der Waals surface area contributed by atoms with Gasteiger partial charge in [-0.15, -0.1) is 0 Å². The molecule has 0 saturated carbocycles. The van der Waals surface area contributed by atoms with Crippen LogP contribution < -0.4 is 0 Å². The number of ether oxygens (including phenoxy) is 1. The van der Waals surface area contributed by atoms with Crippen molar-refractivity contribution in [2.75, 3.05) is 47.4 Å². The summed E-state index contributed by atoms with van der Waals surface area (Å²) in [4.78, 5) is 15.5. The molecule has 1 unspecified atom stereocenters. The summed E-state index contributed by atoms with van der Waals surface area (Å²) in [6, 6.07) is 0. The van der Waals surface area contributed by atoms with Crippen LogP contribution in [-0.4, -0.2) is 63.2 Å². The van der Waals surface area contributed by atoms with E-state index in [4.69, 9.17) is 4.74 Å². The van der Waals surface area contributed by atoms with Crippen molar-refractivity contribution in [3.63, 3.8) is 0 Å². The van der Waals surface area contributed by atoms with Crippen molar-refractivity contribution in [1.82, 2.24) is 9.80 Å². The SMILES string of the molecule is COCC(=O)N(C)CC1CCN(C)C1. The van der Waals surface area contributed by atoms with Crippen molar-refractivity contribution in [3.8, 4) is 0 Å². The van der Waals surface area contributed by atoms with Crippen LogP contribution in [0.15, 0.2) is 0 Å². The van der Waals surface area contributed by atoms with Gasteiger partial charge in [0.2, 0.25) is 5.91 Å². The molecule has 4 heteroatoms. The lowest BCUT2D eigenvalue weighted by atomic mass is 10.1. The van der Waals surface area contributed by atoms with Gasteiger partial charge in [-0.05, 0) is 25.9 Å². The first-order valence-corrected chi connectivity index (χ1v) is 5.05. The van der Waals surface area contributed by atoms with Gasteiger partial charge in [-0.25, -0.2) is 0 Å².